The second-order valence-electron chi connectivity index (χ2n) is 10.6. The normalized spacial score (nSPS) is 29.8. The summed E-state index contributed by atoms with van der Waals surface area (Å²) >= 11 is 0. The van der Waals surface area contributed by atoms with E-state index in [1.54, 1.807) is 0 Å². The van der Waals surface area contributed by atoms with Crippen LogP contribution in [-0.2, 0) is 52.3 Å². The van der Waals surface area contributed by atoms with E-state index in [1.807, 2.05) is 36.5 Å². The molecule has 0 saturated heterocycles. The number of esters is 4. The molecule has 2 aliphatic carbocycles. The lowest BCUT2D eigenvalue weighted by atomic mass is 9.83. The van der Waals surface area contributed by atoms with Gasteiger partial charge in [0, 0.05) is 0 Å². The molecule has 0 unspecified atom stereocenters. The Bertz CT molecular complexity index is 883. The minimum atomic E-state index is -0.566. The van der Waals surface area contributed by atoms with Crippen molar-refractivity contribution in [2.75, 3.05) is 66.1 Å². The largest absolute Gasteiger partial charge is 0.465 e. The summed E-state index contributed by atoms with van der Waals surface area (Å²) in [5.41, 5.74) is 0. The van der Waals surface area contributed by atoms with Crippen LogP contribution in [0.1, 0.15) is 51.4 Å². The average Bonchev–Trinajstić information content (AvgIpc) is 3.03. The highest BCUT2D eigenvalue weighted by Crippen LogP contribution is 2.29. The molecule has 11 heteroatoms. The number of ether oxygens (including phenoxy) is 7. The van der Waals surface area contributed by atoms with E-state index in [1.165, 1.54) is 0 Å². The van der Waals surface area contributed by atoms with Gasteiger partial charge in [0.1, 0.15) is 13.2 Å². The molecule has 43 heavy (non-hydrogen) atoms. The van der Waals surface area contributed by atoms with Gasteiger partial charge < -0.3 is 33.2 Å². The molecule has 0 N–H and O–H groups in total. The number of fused-ring (bicyclic) bond motifs is 2. The fourth-order valence-corrected chi connectivity index (χ4v) is 5.03. The second kappa shape index (κ2) is 20.8. The van der Waals surface area contributed by atoms with E-state index in [-0.39, 0.29) is 51.6 Å². The molecule has 3 aliphatic rings. The van der Waals surface area contributed by atoms with Gasteiger partial charge in [-0.1, -0.05) is 36.5 Å². The molecular weight excluding hydrogens is 560 g/mol. The van der Waals surface area contributed by atoms with Crippen molar-refractivity contribution in [2.24, 2.45) is 23.7 Å². The van der Waals surface area contributed by atoms with Gasteiger partial charge in [-0.05, 0) is 51.4 Å². The van der Waals surface area contributed by atoms with Gasteiger partial charge in [0.05, 0.1) is 76.5 Å². The first kappa shape index (κ1) is 34.5. The lowest BCUT2D eigenvalue weighted by Gasteiger charge is -2.25. The Morgan fingerprint density at radius 2 is 0.651 bits per heavy atom. The van der Waals surface area contributed by atoms with Crippen molar-refractivity contribution in [3.63, 3.8) is 0 Å². The predicted molar refractivity (Wildman–Crippen MR) is 155 cm³/mol. The van der Waals surface area contributed by atoms with Crippen LogP contribution in [-0.4, -0.2) is 89.9 Å². The van der Waals surface area contributed by atoms with Crippen LogP contribution in [0.5, 0.6) is 0 Å². The molecule has 0 bridgehead atoms. The quantitative estimate of drug-likeness (QED) is 0.228. The summed E-state index contributed by atoms with van der Waals surface area (Å²) in [5.74, 6) is -3.85. The van der Waals surface area contributed by atoms with Crippen LogP contribution in [0.25, 0.3) is 0 Å². The Balaban J connectivity index is 1.46. The highest BCUT2D eigenvalue weighted by molar-refractivity contribution is 5.83. The molecular formula is C32H46O11. The molecule has 1 heterocycles. The first-order valence-electron chi connectivity index (χ1n) is 15.4. The molecule has 1 aliphatic heterocycles. The summed E-state index contributed by atoms with van der Waals surface area (Å²) in [6.07, 6.45) is 16.2. The molecule has 0 aromatic rings. The number of allylic oxidation sites excluding steroid dienone is 6. The van der Waals surface area contributed by atoms with Crippen LogP contribution in [0.3, 0.4) is 0 Å². The van der Waals surface area contributed by atoms with Crippen LogP contribution in [0.4, 0.5) is 0 Å². The Morgan fingerprint density at radius 1 is 0.372 bits per heavy atom. The van der Waals surface area contributed by atoms with Gasteiger partial charge in [-0.3, -0.25) is 19.2 Å². The molecule has 0 aromatic heterocycles. The maximum Gasteiger partial charge on any atom is 0.310 e. The van der Waals surface area contributed by atoms with E-state index in [2.05, 4.69) is 0 Å². The van der Waals surface area contributed by atoms with Gasteiger partial charge >= 0.3 is 23.9 Å². The van der Waals surface area contributed by atoms with Crippen molar-refractivity contribution in [3.05, 3.63) is 36.5 Å². The smallest absolute Gasteiger partial charge is 0.310 e. The number of cyclic esters (lactones) is 4. The molecule has 0 aromatic carbocycles. The Labute approximate surface area is 253 Å². The Hall–Kier alpha value is -3.02. The summed E-state index contributed by atoms with van der Waals surface area (Å²) in [6.45, 7) is 2.49. The van der Waals surface area contributed by atoms with E-state index < -0.39 is 35.6 Å². The molecule has 0 spiro atoms. The third-order valence-corrected chi connectivity index (χ3v) is 7.45. The summed E-state index contributed by atoms with van der Waals surface area (Å²) in [5, 5.41) is 0. The van der Waals surface area contributed by atoms with Gasteiger partial charge in [-0.25, -0.2) is 0 Å². The minimum Gasteiger partial charge on any atom is -0.465 e. The monoisotopic (exact) mass is 606 g/mol. The highest BCUT2D eigenvalue weighted by Gasteiger charge is 2.37. The van der Waals surface area contributed by atoms with E-state index in [0.717, 1.165) is 12.8 Å². The molecule has 3 rings (SSSR count). The van der Waals surface area contributed by atoms with E-state index in [9.17, 15) is 19.2 Å². The lowest BCUT2D eigenvalue weighted by Crippen LogP contribution is -2.34. The zero-order valence-corrected chi connectivity index (χ0v) is 25.0. The summed E-state index contributed by atoms with van der Waals surface area (Å²) < 4.78 is 38.0. The number of hydrogen-bond donors (Lipinski definition) is 0. The molecule has 0 saturated carbocycles. The lowest BCUT2D eigenvalue weighted by molar-refractivity contribution is -0.162. The van der Waals surface area contributed by atoms with Gasteiger partial charge in [0.2, 0.25) is 0 Å². The third kappa shape index (κ3) is 13.0. The number of rotatable bonds is 0. The first-order chi connectivity index (χ1) is 21.1. The van der Waals surface area contributed by atoms with Crippen molar-refractivity contribution < 1.29 is 52.3 Å². The van der Waals surface area contributed by atoms with Crippen LogP contribution in [0.2, 0.25) is 0 Å². The molecule has 0 radical (unpaired) electrons. The zero-order chi connectivity index (χ0) is 30.5. The summed E-state index contributed by atoms with van der Waals surface area (Å²) in [6, 6.07) is 0. The topological polar surface area (TPSA) is 133 Å². The first-order valence-corrected chi connectivity index (χ1v) is 15.4. The van der Waals surface area contributed by atoms with Gasteiger partial charge in [-0.2, -0.15) is 0 Å². The van der Waals surface area contributed by atoms with E-state index in [0.29, 0.717) is 65.0 Å². The second-order valence-corrected chi connectivity index (χ2v) is 10.6. The van der Waals surface area contributed by atoms with Gasteiger partial charge in [0.25, 0.3) is 0 Å². The summed E-state index contributed by atoms with van der Waals surface area (Å²) in [4.78, 5) is 50.7. The molecule has 0 fully saturated rings. The number of carbonyl (C=O) groups is 4. The van der Waals surface area contributed by atoms with Gasteiger partial charge in [-0.15, -0.1) is 0 Å². The van der Waals surface area contributed by atoms with Crippen LogP contribution < -0.4 is 0 Å². The maximum atomic E-state index is 12.7. The van der Waals surface area contributed by atoms with Crippen molar-refractivity contribution in [1.82, 2.24) is 0 Å². The fraction of sp³-hybridized carbons (Fsp3) is 0.688. The molecule has 11 nitrogen and oxygen atoms in total. The van der Waals surface area contributed by atoms with Crippen molar-refractivity contribution >= 4 is 23.9 Å². The standard InChI is InChI=1S/C32H46O11/c33-29-25-11-5-7-13-27(25)31(35)42-23-21-38-19-17-37-18-20-39-22-24-43-32(36)28-14-8-6-12-26(28)30(34)41-16-10-4-2-1-3-9-15-40-29/h1-2,5-8,25-28H,3-4,9-24H2/b2-1+/t25-,26+,27+,28-. The highest BCUT2D eigenvalue weighted by atomic mass is 16.6. The van der Waals surface area contributed by atoms with Gasteiger partial charge in [0.15, 0.2) is 0 Å². The van der Waals surface area contributed by atoms with Crippen LogP contribution in [0, 0.1) is 23.7 Å². The van der Waals surface area contributed by atoms with Crippen molar-refractivity contribution in [2.45, 2.75) is 51.4 Å². The van der Waals surface area contributed by atoms with Crippen LogP contribution >= 0.6 is 0 Å². The fourth-order valence-electron chi connectivity index (χ4n) is 5.03. The maximum absolute atomic E-state index is 12.7. The number of carbonyl (C=O) groups excluding carboxylic acids is 4. The average molecular weight is 607 g/mol. The Kier molecular flexibility index (Phi) is 16.7. The molecule has 240 valence electrons. The van der Waals surface area contributed by atoms with E-state index in [4.69, 9.17) is 33.2 Å². The predicted octanol–water partition coefficient (Wildman–Crippen LogP) is 3.50. The zero-order valence-electron chi connectivity index (χ0n) is 25.0. The van der Waals surface area contributed by atoms with Crippen LogP contribution in [0.15, 0.2) is 36.5 Å². The number of hydrogen-bond acceptors (Lipinski definition) is 11. The van der Waals surface area contributed by atoms with Crippen molar-refractivity contribution in [1.29, 1.82) is 0 Å². The molecule has 4 atom stereocenters. The third-order valence-electron chi connectivity index (χ3n) is 7.45. The SMILES string of the molecule is O=C1OCCOCCOCCOCCOC(=O)[C@@H]2CC=CC[C@@H]2C(=O)OCCC/C=C/CCCOC(=O)[C@@H]2CC=CC[C@H]12. The molecule has 0 amide bonds. The minimum absolute atomic E-state index is 0.0904. The van der Waals surface area contributed by atoms with Crippen molar-refractivity contribution in [3.8, 4) is 0 Å². The van der Waals surface area contributed by atoms with E-state index >= 15 is 0 Å². The summed E-state index contributed by atoms with van der Waals surface area (Å²) in [7, 11) is 0. The Morgan fingerprint density at radius 3 is 0.977 bits per heavy atom.